The second-order valence-electron chi connectivity index (χ2n) is 4.63. The first-order valence-electron chi connectivity index (χ1n) is 5.64. The molecule has 0 spiro atoms. The molecule has 0 amide bonds. The fourth-order valence-electron chi connectivity index (χ4n) is 1.71. The lowest BCUT2D eigenvalue weighted by Crippen LogP contribution is -2.46. The molecule has 1 aromatic carbocycles. The van der Waals surface area contributed by atoms with E-state index in [0.29, 0.717) is 11.3 Å². The topological polar surface area (TPSA) is 59.0 Å². The van der Waals surface area contributed by atoms with E-state index in [2.05, 4.69) is 6.07 Å². The summed E-state index contributed by atoms with van der Waals surface area (Å²) in [7, 11) is 0. The van der Waals surface area contributed by atoms with E-state index >= 15 is 0 Å². The van der Waals surface area contributed by atoms with E-state index in [1.165, 1.54) is 6.07 Å². The Morgan fingerprint density at radius 1 is 1.59 bits per heavy atom. The van der Waals surface area contributed by atoms with Crippen LogP contribution in [0.1, 0.15) is 18.4 Å². The van der Waals surface area contributed by atoms with Crippen molar-refractivity contribution in [2.45, 2.75) is 25.3 Å². The standard InChI is InChI=1S/C13H15FN2O/c1-9-2-5-11(6-12(9)14)17-8-13(16,7-15)10-3-4-10/h2,5-6,10H,3-4,8,16H2,1H3. The average Bonchev–Trinajstić information content (AvgIpc) is 3.14. The van der Waals surface area contributed by atoms with Gasteiger partial charge in [-0.3, -0.25) is 0 Å². The van der Waals surface area contributed by atoms with Crippen LogP contribution in [0, 0.1) is 30.0 Å². The van der Waals surface area contributed by atoms with Crippen LogP contribution in [-0.4, -0.2) is 12.1 Å². The second-order valence-corrected chi connectivity index (χ2v) is 4.63. The first-order valence-corrected chi connectivity index (χ1v) is 5.64. The number of nitrogens with two attached hydrogens (primary N) is 1. The Morgan fingerprint density at radius 2 is 2.29 bits per heavy atom. The lowest BCUT2D eigenvalue weighted by molar-refractivity contribution is 0.236. The third-order valence-electron chi connectivity index (χ3n) is 3.13. The molecule has 0 saturated heterocycles. The fourth-order valence-corrected chi connectivity index (χ4v) is 1.71. The molecule has 0 bridgehead atoms. The van der Waals surface area contributed by atoms with Gasteiger partial charge in [0.2, 0.25) is 0 Å². The molecule has 0 radical (unpaired) electrons. The normalized spacial score (nSPS) is 18.2. The van der Waals surface area contributed by atoms with Gasteiger partial charge in [0.15, 0.2) is 0 Å². The highest BCUT2D eigenvalue weighted by molar-refractivity contribution is 5.28. The van der Waals surface area contributed by atoms with Crippen LogP contribution in [0.25, 0.3) is 0 Å². The molecule has 0 aromatic heterocycles. The number of nitrogens with zero attached hydrogens (tertiary/aromatic N) is 1. The predicted octanol–water partition coefficient (Wildman–Crippen LogP) is 2.14. The molecule has 1 unspecified atom stereocenters. The molecular weight excluding hydrogens is 219 g/mol. The highest BCUT2D eigenvalue weighted by Gasteiger charge is 2.43. The molecule has 3 nitrogen and oxygen atoms in total. The van der Waals surface area contributed by atoms with Crippen molar-refractivity contribution in [3.63, 3.8) is 0 Å². The summed E-state index contributed by atoms with van der Waals surface area (Å²) in [5, 5.41) is 9.04. The minimum Gasteiger partial charge on any atom is -0.490 e. The van der Waals surface area contributed by atoms with Crippen LogP contribution < -0.4 is 10.5 Å². The van der Waals surface area contributed by atoms with Crippen LogP contribution in [0.4, 0.5) is 4.39 Å². The van der Waals surface area contributed by atoms with Gasteiger partial charge in [0.05, 0.1) is 6.07 Å². The van der Waals surface area contributed by atoms with Crippen LogP contribution >= 0.6 is 0 Å². The Balaban J connectivity index is 2.02. The summed E-state index contributed by atoms with van der Waals surface area (Å²) in [5.41, 5.74) is 5.56. The van der Waals surface area contributed by atoms with E-state index in [1.54, 1.807) is 19.1 Å². The summed E-state index contributed by atoms with van der Waals surface area (Å²) in [4.78, 5) is 0. The first-order chi connectivity index (χ1) is 8.05. The number of ether oxygens (including phenoxy) is 1. The molecule has 17 heavy (non-hydrogen) atoms. The summed E-state index contributed by atoms with van der Waals surface area (Å²) in [6.07, 6.45) is 1.94. The Morgan fingerprint density at radius 3 is 2.82 bits per heavy atom. The lowest BCUT2D eigenvalue weighted by Gasteiger charge is -2.21. The van der Waals surface area contributed by atoms with Crippen LogP contribution in [0.3, 0.4) is 0 Å². The van der Waals surface area contributed by atoms with Gasteiger partial charge in [-0.1, -0.05) is 6.07 Å². The van der Waals surface area contributed by atoms with E-state index in [0.717, 1.165) is 12.8 Å². The lowest BCUT2D eigenvalue weighted by atomic mass is 9.98. The van der Waals surface area contributed by atoms with E-state index in [4.69, 9.17) is 15.7 Å². The van der Waals surface area contributed by atoms with Crippen molar-refractivity contribution in [3.05, 3.63) is 29.6 Å². The maximum atomic E-state index is 13.3. The number of benzene rings is 1. The number of halogens is 1. The second kappa shape index (κ2) is 4.34. The van der Waals surface area contributed by atoms with Crippen molar-refractivity contribution in [3.8, 4) is 11.8 Å². The quantitative estimate of drug-likeness (QED) is 0.868. The molecule has 4 heteroatoms. The van der Waals surface area contributed by atoms with Crippen molar-refractivity contribution in [2.75, 3.05) is 6.61 Å². The maximum Gasteiger partial charge on any atom is 0.141 e. The summed E-state index contributed by atoms with van der Waals surface area (Å²) in [6.45, 7) is 1.79. The molecule has 1 aliphatic rings. The molecular formula is C13H15FN2O. The third-order valence-corrected chi connectivity index (χ3v) is 3.13. The highest BCUT2D eigenvalue weighted by atomic mass is 19.1. The average molecular weight is 234 g/mol. The van der Waals surface area contributed by atoms with Gasteiger partial charge >= 0.3 is 0 Å². The third kappa shape index (κ3) is 2.56. The largest absolute Gasteiger partial charge is 0.490 e. The molecule has 1 fully saturated rings. The van der Waals surface area contributed by atoms with E-state index < -0.39 is 5.54 Å². The number of hydrogen-bond donors (Lipinski definition) is 1. The van der Waals surface area contributed by atoms with E-state index in [9.17, 15) is 4.39 Å². The van der Waals surface area contributed by atoms with Crippen molar-refractivity contribution in [2.24, 2.45) is 11.7 Å². The van der Waals surface area contributed by atoms with Gasteiger partial charge < -0.3 is 10.5 Å². The zero-order valence-electron chi connectivity index (χ0n) is 9.74. The zero-order valence-corrected chi connectivity index (χ0v) is 9.74. The Hall–Kier alpha value is -1.60. The van der Waals surface area contributed by atoms with Gasteiger partial charge in [-0.15, -0.1) is 0 Å². The van der Waals surface area contributed by atoms with Crippen LogP contribution in [0.5, 0.6) is 5.75 Å². The number of aryl methyl sites for hydroxylation is 1. The van der Waals surface area contributed by atoms with Gasteiger partial charge in [-0.2, -0.15) is 5.26 Å². The minimum absolute atomic E-state index is 0.108. The molecule has 0 aliphatic heterocycles. The van der Waals surface area contributed by atoms with Crippen LogP contribution in [-0.2, 0) is 0 Å². The summed E-state index contributed by atoms with van der Waals surface area (Å²) >= 11 is 0. The molecule has 2 rings (SSSR count). The molecule has 0 heterocycles. The fraction of sp³-hybridized carbons (Fsp3) is 0.462. The van der Waals surface area contributed by atoms with Crippen molar-refractivity contribution >= 4 is 0 Å². The molecule has 1 aromatic rings. The first kappa shape index (κ1) is 11.9. The smallest absolute Gasteiger partial charge is 0.141 e. The summed E-state index contributed by atoms with van der Waals surface area (Å²) < 4.78 is 18.7. The molecule has 1 aliphatic carbocycles. The summed E-state index contributed by atoms with van der Waals surface area (Å²) in [6, 6.07) is 6.74. The van der Waals surface area contributed by atoms with Crippen LogP contribution in [0.15, 0.2) is 18.2 Å². The van der Waals surface area contributed by atoms with Crippen molar-refractivity contribution < 1.29 is 9.13 Å². The van der Waals surface area contributed by atoms with Crippen LogP contribution in [0.2, 0.25) is 0 Å². The predicted molar refractivity (Wildman–Crippen MR) is 61.9 cm³/mol. The van der Waals surface area contributed by atoms with Crippen molar-refractivity contribution in [1.29, 1.82) is 5.26 Å². The Labute approximate surface area is 100.0 Å². The number of hydrogen-bond acceptors (Lipinski definition) is 3. The highest BCUT2D eigenvalue weighted by Crippen LogP contribution is 2.38. The Bertz CT molecular complexity index is 465. The SMILES string of the molecule is Cc1ccc(OCC(N)(C#N)C2CC2)cc1F. The molecule has 90 valence electrons. The number of rotatable bonds is 4. The summed E-state index contributed by atoms with van der Waals surface area (Å²) in [5.74, 6) is 0.315. The molecule has 2 N–H and O–H groups in total. The van der Waals surface area contributed by atoms with Crippen molar-refractivity contribution in [1.82, 2.24) is 0 Å². The van der Waals surface area contributed by atoms with E-state index in [1.807, 2.05) is 0 Å². The zero-order chi connectivity index (χ0) is 12.5. The minimum atomic E-state index is -0.943. The van der Waals surface area contributed by atoms with Gasteiger partial charge in [0.1, 0.15) is 23.7 Å². The monoisotopic (exact) mass is 234 g/mol. The van der Waals surface area contributed by atoms with Gasteiger partial charge in [-0.25, -0.2) is 4.39 Å². The van der Waals surface area contributed by atoms with Gasteiger partial charge in [-0.05, 0) is 37.3 Å². The van der Waals surface area contributed by atoms with Gasteiger partial charge in [0.25, 0.3) is 0 Å². The molecule has 1 atom stereocenters. The number of nitriles is 1. The maximum absolute atomic E-state index is 13.3. The van der Waals surface area contributed by atoms with Gasteiger partial charge in [0, 0.05) is 6.07 Å². The molecule has 1 saturated carbocycles. The Kier molecular flexibility index (Phi) is 3.03. The van der Waals surface area contributed by atoms with E-state index in [-0.39, 0.29) is 18.3 Å².